The smallest absolute Gasteiger partial charge is 0.416 e. The first-order valence-corrected chi connectivity index (χ1v) is 10.4. The maximum atomic E-state index is 12.9. The second kappa shape index (κ2) is 8.83. The number of thioether (sulfide) groups is 1. The zero-order chi connectivity index (χ0) is 22.9. The van der Waals surface area contributed by atoms with Crippen molar-refractivity contribution in [2.75, 3.05) is 19.9 Å². The maximum absolute atomic E-state index is 12.9. The monoisotopic (exact) mass is 466 g/mol. The average molecular weight is 466 g/mol. The molecule has 1 saturated heterocycles. The fourth-order valence-electron chi connectivity index (χ4n) is 3.25. The van der Waals surface area contributed by atoms with Gasteiger partial charge in [0.15, 0.2) is 12.2 Å². The lowest BCUT2D eigenvalue weighted by atomic mass is 10.1. The molecule has 3 amide bonds. The maximum Gasteiger partial charge on any atom is 0.416 e. The molecule has 0 N–H and O–H groups in total. The van der Waals surface area contributed by atoms with Gasteiger partial charge in [-0.25, -0.2) is 0 Å². The molecule has 1 fully saturated rings. The van der Waals surface area contributed by atoms with Gasteiger partial charge in [-0.1, -0.05) is 30.3 Å². The first kappa shape index (κ1) is 22.2. The van der Waals surface area contributed by atoms with Crippen molar-refractivity contribution in [3.63, 3.8) is 0 Å². The number of nitrogens with zero attached hydrogens (tertiary/aromatic N) is 2. The molecule has 0 aliphatic carbocycles. The van der Waals surface area contributed by atoms with Crippen molar-refractivity contribution >= 4 is 28.8 Å². The van der Waals surface area contributed by atoms with Gasteiger partial charge in [-0.3, -0.25) is 19.3 Å². The Morgan fingerprint density at radius 2 is 1.84 bits per heavy atom. The molecule has 0 saturated carbocycles. The van der Waals surface area contributed by atoms with E-state index in [4.69, 9.17) is 9.47 Å². The number of ether oxygens (including phenoxy) is 2. The van der Waals surface area contributed by atoms with Gasteiger partial charge in [-0.05, 0) is 35.5 Å². The van der Waals surface area contributed by atoms with Crippen molar-refractivity contribution in [1.29, 1.82) is 0 Å². The molecule has 2 aromatic rings. The third-order valence-electron chi connectivity index (χ3n) is 4.91. The van der Waals surface area contributed by atoms with Gasteiger partial charge in [0, 0.05) is 6.54 Å². The number of carbonyl (C=O) groups is 3. The number of amides is 3. The summed E-state index contributed by atoms with van der Waals surface area (Å²) in [6, 6.07) is 11.7. The highest BCUT2D eigenvalue weighted by Gasteiger charge is 2.40. The van der Waals surface area contributed by atoms with E-state index in [1.165, 1.54) is 4.90 Å². The minimum absolute atomic E-state index is 0.0221. The van der Waals surface area contributed by atoms with Crippen LogP contribution in [0.4, 0.5) is 18.0 Å². The van der Waals surface area contributed by atoms with Crippen LogP contribution in [0.25, 0.3) is 0 Å². The van der Waals surface area contributed by atoms with Crippen LogP contribution in [-0.2, 0) is 22.3 Å². The van der Waals surface area contributed by atoms with Crippen LogP contribution in [0.1, 0.15) is 21.5 Å². The van der Waals surface area contributed by atoms with Crippen LogP contribution in [0.15, 0.2) is 48.5 Å². The summed E-state index contributed by atoms with van der Waals surface area (Å²) in [5, 5.41) is -0.435. The lowest BCUT2D eigenvalue weighted by Crippen LogP contribution is -2.41. The molecule has 2 aliphatic rings. The number of carbonyl (C=O) groups excluding carboxylic acids is 3. The Labute approximate surface area is 185 Å². The van der Waals surface area contributed by atoms with Gasteiger partial charge in [0.05, 0.1) is 24.3 Å². The summed E-state index contributed by atoms with van der Waals surface area (Å²) in [6.07, 6.45) is -4.58. The molecule has 0 aromatic heterocycles. The van der Waals surface area contributed by atoms with Gasteiger partial charge in [0.25, 0.3) is 17.1 Å². The largest absolute Gasteiger partial charge is 0.472 e. The summed E-state index contributed by atoms with van der Waals surface area (Å²) in [5.41, 5.74) is -1.39. The Balaban J connectivity index is 1.34. The van der Waals surface area contributed by atoms with E-state index in [1.54, 1.807) is 24.3 Å². The van der Waals surface area contributed by atoms with E-state index in [1.807, 2.05) is 6.07 Å². The van der Waals surface area contributed by atoms with Crippen LogP contribution < -0.4 is 4.74 Å². The number of benzene rings is 2. The second-order valence-corrected chi connectivity index (χ2v) is 8.06. The molecule has 168 valence electrons. The van der Waals surface area contributed by atoms with E-state index in [0.29, 0.717) is 0 Å². The van der Waals surface area contributed by atoms with E-state index < -0.39 is 34.2 Å². The molecule has 0 radical (unpaired) electrons. The summed E-state index contributed by atoms with van der Waals surface area (Å²) in [5.74, 6) is -1.05. The molecule has 2 aliphatic heterocycles. The van der Waals surface area contributed by atoms with Crippen molar-refractivity contribution in [2.45, 2.75) is 18.2 Å². The number of imide groups is 1. The first-order chi connectivity index (χ1) is 15.2. The van der Waals surface area contributed by atoms with E-state index in [2.05, 4.69) is 0 Å². The normalized spacial score (nSPS) is 18.7. The molecular formula is C21H17F3N2O5S. The van der Waals surface area contributed by atoms with E-state index >= 15 is 0 Å². The highest BCUT2D eigenvalue weighted by Crippen LogP contribution is 2.34. The Morgan fingerprint density at radius 3 is 2.56 bits per heavy atom. The van der Waals surface area contributed by atoms with Crippen LogP contribution in [0.5, 0.6) is 5.75 Å². The predicted molar refractivity (Wildman–Crippen MR) is 108 cm³/mol. The number of fused-ring (bicyclic) bond motifs is 1. The molecule has 2 heterocycles. The highest BCUT2D eigenvalue weighted by atomic mass is 32.2. The number of hydrogen-bond acceptors (Lipinski definition) is 6. The number of rotatable bonds is 6. The van der Waals surface area contributed by atoms with Crippen molar-refractivity contribution in [3.05, 3.63) is 65.2 Å². The Bertz CT molecular complexity index is 1050. The SMILES string of the molecule is O=C1c2cc(C(F)(F)F)ccc2OCN1CCOC1SC(=O)N(Cc2ccccc2)C1=O. The van der Waals surface area contributed by atoms with Gasteiger partial charge >= 0.3 is 6.18 Å². The predicted octanol–water partition coefficient (Wildman–Crippen LogP) is 3.74. The summed E-state index contributed by atoms with van der Waals surface area (Å²) in [6.45, 7) is -0.154. The molecular weight excluding hydrogens is 449 g/mol. The van der Waals surface area contributed by atoms with Crippen LogP contribution in [0.2, 0.25) is 0 Å². The molecule has 1 unspecified atom stereocenters. The van der Waals surface area contributed by atoms with E-state index in [0.717, 1.165) is 40.4 Å². The van der Waals surface area contributed by atoms with Crippen molar-refractivity contribution in [3.8, 4) is 5.75 Å². The number of halogens is 3. The third kappa shape index (κ3) is 4.58. The minimum Gasteiger partial charge on any atom is -0.472 e. The van der Waals surface area contributed by atoms with Crippen LogP contribution in [0, 0.1) is 0 Å². The zero-order valence-corrected chi connectivity index (χ0v) is 17.3. The quantitative estimate of drug-likeness (QED) is 0.646. The topological polar surface area (TPSA) is 76.2 Å². The molecule has 0 spiro atoms. The van der Waals surface area contributed by atoms with Crippen LogP contribution >= 0.6 is 11.8 Å². The summed E-state index contributed by atoms with van der Waals surface area (Å²) in [7, 11) is 0. The summed E-state index contributed by atoms with van der Waals surface area (Å²) >= 11 is 0.737. The van der Waals surface area contributed by atoms with Crippen molar-refractivity contribution in [1.82, 2.24) is 9.80 Å². The van der Waals surface area contributed by atoms with Gasteiger partial charge < -0.3 is 14.4 Å². The molecule has 32 heavy (non-hydrogen) atoms. The first-order valence-electron chi connectivity index (χ1n) is 9.55. The van der Waals surface area contributed by atoms with E-state index in [9.17, 15) is 27.6 Å². The third-order valence-corrected chi connectivity index (χ3v) is 5.88. The summed E-state index contributed by atoms with van der Waals surface area (Å²) in [4.78, 5) is 39.5. The summed E-state index contributed by atoms with van der Waals surface area (Å²) < 4.78 is 49.7. The van der Waals surface area contributed by atoms with Gasteiger partial charge in [-0.15, -0.1) is 0 Å². The molecule has 1 atom stereocenters. The van der Waals surface area contributed by atoms with Crippen LogP contribution in [-0.4, -0.2) is 52.2 Å². The van der Waals surface area contributed by atoms with Gasteiger partial charge in [0.1, 0.15) is 5.75 Å². The molecule has 0 bridgehead atoms. The Kier molecular flexibility index (Phi) is 6.11. The zero-order valence-electron chi connectivity index (χ0n) is 16.5. The minimum atomic E-state index is -4.58. The lowest BCUT2D eigenvalue weighted by Gasteiger charge is -2.29. The average Bonchev–Trinajstić information content (AvgIpc) is 3.03. The Hall–Kier alpha value is -3.05. The second-order valence-electron chi connectivity index (χ2n) is 7.05. The molecule has 2 aromatic carbocycles. The highest BCUT2D eigenvalue weighted by molar-refractivity contribution is 8.15. The molecule has 11 heteroatoms. The van der Waals surface area contributed by atoms with Gasteiger partial charge in [-0.2, -0.15) is 13.2 Å². The molecule has 4 rings (SSSR count). The Morgan fingerprint density at radius 1 is 1.09 bits per heavy atom. The van der Waals surface area contributed by atoms with Gasteiger partial charge in [0.2, 0.25) is 0 Å². The lowest BCUT2D eigenvalue weighted by molar-refractivity contribution is -0.137. The fourth-order valence-corrected chi connectivity index (χ4v) is 4.11. The number of hydrogen-bond donors (Lipinski definition) is 0. The van der Waals surface area contributed by atoms with Crippen molar-refractivity contribution in [2.24, 2.45) is 0 Å². The molecule has 7 nitrogen and oxygen atoms in total. The van der Waals surface area contributed by atoms with E-state index in [-0.39, 0.29) is 37.7 Å². The standard InChI is InChI=1S/C21H17F3N2O5S/c22-21(23,24)14-6-7-16-15(10-14)17(27)25(12-31-16)8-9-30-19-18(28)26(20(29)32-19)11-13-4-2-1-3-5-13/h1-7,10,19H,8-9,11-12H2. The van der Waals surface area contributed by atoms with Crippen LogP contribution in [0.3, 0.4) is 0 Å². The van der Waals surface area contributed by atoms with Crippen molar-refractivity contribution < 1.29 is 37.0 Å². The fraction of sp³-hybridized carbons (Fsp3) is 0.286. The number of alkyl halides is 3.